The number of likely N-dealkylation sites (N-methyl/N-ethyl adjacent to an activating group) is 1. The average molecular weight is 216 g/mol. The topological polar surface area (TPSA) is 44.1 Å². The summed E-state index contributed by atoms with van der Waals surface area (Å²) in [6.45, 7) is 3.46. The van der Waals surface area contributed by atoms with Crippen molar-refractivity contribution in [2.75, 3.05) is 7.05 Å². The van der Waals surface area contributed by atoms with Crippen LogP contribution in [0.15, 0.2) is 30.3 Å². The normalized spacial score (nSPS) is 10.6. The van der Waals surface area contributed by atoms with Crippen molar-refractivity contribution in [1.29, 1.82) is 5.26 Å². The standard InChI is InChI=1S/C13H16N2O/c1-13(2,10-14)15(3)12(16)9-11-7-5-4-6-8-11/h4-8H,9H2,1-3H3. The third-order valence-electron chi connectivity index (χ3n) is 2.68. The molecular weight excluding hydrogens is 200 g/mol. The monoisotopic (exact) mass is 216 g/mol. The Morgan fingerprint density at radius 3 is 2.44 bits per heavy atom. The fourth-order valence-electron chi connectivity index (χ4n) is 1.28. The number of benzene rings is 1. The van der Waals surface area contributed by atoms with E-state index in [9.17, 15) is 4.79 Å². The van der Waals surface area contributed by atoms with Crippen LogP contribution in [0.4, 0.5) is 0 Å². The Morgan fingerprint density at radius 1 is 1.38 bits per heavy atom. The van der Waals surface area contributed by atoms with Gasteiger partial charge in [0.1, 0.15) is 5.54 Å². The minimum Gasteiger partial charge on any atom is -0.327 e. The Morgan fingerprint density at radius 2 is 1.94 bits per heavy atom. The van der Waals surface area contributed by atoms with Crippen LogP contribution in [0.3, 0.4) is 0 Å². The van der Waals surface area contributed by atoms with Crippen molar-refractivity contribution in [3.63, 3.8) is 0 Å². The van der Waals surface area contributed by atoms with Crippen LogP contribution in [-0.2, 0) is 11.2 Å². The van der Waals surface area contributed by atoms with Crippen molar-refractivity contribution in [2.45, 2.75) is 25.8 Å². The SMILES string of the molecule is CN(C(=O)Cc1ccccc1)C(C)(C)C#N. The highest BCUT2D eigenvalue weighted by atomic mass is 16.2. The van der Waals surface area contributed by atoms with Crippen molar-refractivity contribution in [3.05, 3.63) is 35.9 Å². The van der Waals surface area contributed by atoms with Gasteiger partial charge < -0.3 is 4.90 Å². The second-order valence-corrected chi connectivity index (χ2v) is 4.29. The molecule has 3 nitrogen and oxygen atoms in total. The first kappa shape index (κ1) is 12.3. The molecule has 0 unspecified atom stereocenters. The van der Waals surface area contributed by atoms with Gasteiger partial charge in [0.25, 0.3) is 0 Å². The van der Waals surface area contributed by atoms with Gasteiger partial charge in [-0.2, -0.15) is 5.26 Å². The molecule has 1 amide bonds. The average Bonchev–Trinajstić information content (AvgIpc) is 2.29. The van der Waals surface area contributed by atoms with Crippen LogP contribution in [0.25, 0.3) is 0 Å². The van der Waals surface area contributed by atoms with Crippen molar-refractivity contribution >= 4 is 5.91 Å². The summed E-state index contributed by atoms with van der Waals surface area (Å²) in [5.74, 6) is -0.0437. The third kappa shape index (κ3) is 2.83. The van der Waals surface area contributed by atoms with Crippen LogP contribution in [0, 0.1) is 11.3 Å². The van der Waals surface area contributed by atoms with Gasteiger partial charge in [0, 0.05) is 7.05 Å². The predicted octanol–water partition coefficient (Wildman–Crippen LogP) is 1.99. The van der Waals surface area contributed by atoms with Crippen LogP contribution in [-0.4, -0.2) is 23.4 Å². The number of amides is 1. The lowest BCUT2D eigenvalue weighted by molar-refractivity contribution is -0.132. The third-order valence-corrected chi connectivity index (χ3v) is 2.68. The van der Waals surface area contributed by atoms with Gasteiger partial charge in [-0.05, 0) is 19.4 Å². The van der Waals surface area contributed by atoms with E-state index < -0.39 is 5.54 Å². The summed E-state index contributed by atoms with van der Waals surface area (Å²) in [5, 5.41) is 8.94. The number of hydrogen-bond donors (Lipinski definition) is 0. The zero-order valence-corrected chi connectivity index (χ0v) is 9.90. The Balaban J connectivity index is 2.71. The first-order valence-corrected chi connectivity index (χ1v) is 5.19. The van der Waals surface area contributed by atoms with Crippen LogP contribution in [0.1, 0.15) is 19.4 Å². The highest BCUT2D eigenvalue weighted by Gasteiger charge is 2.26. The minimum atomic E-state index is -0.758. The molecule has 0 atom stereocenters. The van der Waals surface area contributed by atoms with E-state index in [4.69, 9.17) is 5.26 Å². The summed E-state index contributed by atoms with van der Waals surface area (Å²) in [4.78, 5) is 13.4. The Labute approximate surface area is 96.3 Å². The van der Waals surface area contributed by atoms with Gasteiger partial charge in [-0.1, -0.05) is 30.3 Å². The molecule has 84 valence electrons. The van der Waals surface area contributed by atoms with E-state index in [1.807, 2.05) is 30.3 Å². The molecule has 0 aliphatic heterocycles. The van der Waals surface area contributed by atoms with E-state index in [-0.39, 0.29) is 5.91 Å². The maximum absolute atomic E-state index is 11.9. The number of carbonyl (C=O) groups excluding carboxylic acids is 1. The van der Waals surface area contributed by atoms with Crippen molar-refractivity contribution in [1.82, 2.24) is 4.90 Å². The maximum Gasteiger partial charge on any atom is 0.227 e. The van der Waals surface area contributed by atoms with Crippen LogP contribution >= 0.6 is 0 Å². The molecule has 0 fully saturated rings. The molecule has 0 saturated heterocycles. The molecule has 16 heavy (non-hydrogen) atoms. The molecule has 1 rings (SSSR count). The van der Waals surface area contributed by atoms with E-state index in [0.29, 0.717) is 6.42 Å². The van der Waals surface area contributed by atoms with Crippen molar-refractivity contribution < 1.29 is 4.79 Å². The lowest BCUT2D eigenvalue weighted by Gasteiger charge is -2.29. The van der Waals surface area contributed by atoms with Crippen LogP contribution < -0.4 is 0 Å². The molecule has 0 heterocycles. The molecular formula is C13H16N2O. The Kier molecular flexibility index (Phi) is 3.68. The van der Waals surface area contributed by atoms with E-state index >= 15 is 0 Å². The van der Waals surface area contributed by atoms with Gasteiger partial charge >= 0.3 is 0 Å². The van der Waals surface area contributed by atoms with Gasteiger partial charge in [-0.25, -0.2) is 0 Å². The first-order valence-electron chi connectivity index (χ1n) is 5.19. The number of carbonyl (C=O) groups is 1. The highest BCUT2D eigenvalue weighted by Crippen LogP contribution is 2.12. The Hall–Kier alpha value is -1.82. The fourth-order valence-corrected chi connectivity index (χ4v) is 1.28. The quantitative estimate of drug-likeness (QED) is 0.775. The predicted molar refractivity (Wildman–Crippen MR) is 62.6 cm³/mol. The summed E-state index contributed by atoms with van der Waals surface area (Å²) in [6.07, 6.45) is 0.336. The lowest BCUT2D eigenvalue weighted by atomic mass is 10.0. The second kappa shape index (κ2) is 4.80. The molecule has 0 aromatic heterocycles. The summed E-state index contributed by atoms with van der Waals surface area (Å²) in [5.41, 5.74) is 0.208. The summed E-state index contributed by atoms with van der Waals surface area (Å²) < 4.78 is 0. The molecule has 3 heteroatoms. The van der Waals surface area contributed by atoms with Gasteiger partial charge in [0.2, 0.25) is 5.91 Å². The van der Waals surface area contributed by atoms with E-state index in [1.165, 1.54) is 4.90 Å². The largest absolute Gasteiger partial charge is 0.327 e. The van der Waals surface area contributed by atoms with Gasteiger partial charge in [-0.15, -0.1) is 0 Å². The second-order valence-electron chi connectivity index (χ2n) is 4.29. The van der Waals surface area contributed by atoms with Crippen LogP contribution in [0.2, 0.25) is 0 Å². The molecule has 0 bridgehead atoms. The fraction of sp³-hybridized carbons (Fsp3) is 0.385. The molecule has 0 N–H and O–H groups in total. The molecule has 0 saturated carbocycles. The molecule has 0 radical (unpaired) electrons. The van der Waals surface area contributed by atoms with Crippen molar-refractivity contribution in [3.8, 4) is 6.07 Å². The van der Waals surface area contributed by atoms with Crippen molar-refractivity contribution in [2.24, 2.45) is 0 Å². The number of hydrogen-bond acceptors (Lipinski definition) is 2. The summed E-state index contributed by atoms with van der Waals surface area (Å²) >= 11 is 0. The Bertz CT molecular complexity index is 404. The molecule has 0 spiro atoms. The number of nitrogens with zero attached hydrogens (tertiary/aromatic N) is 2. The van der Waals surface area contributed by atoms with E-state index in [0.717, 1.165) is 5.56 Å². The molecule has 1 aromatic carbocycles. The van der Waals surface area contributed by atoms with E-state index in [2.05, 4.69) is 6.07 Å². The molecule has 0 aliphatic carbocycles. The zero-order chi connectivity index (χ0) is 12.2. The molecule has 0 aliphatic rings. The van der Waals surface area contributed by atoms with Gasteiger partial charge in [-0.3, -0.25) is 4.79 Å². The number of rotatable bonds is 3. The van der Waals surface area contributed by atoms with E-state index in [1.54, 1.807) is 20.9 Å². The van der Waals surface area contributed by atoms with Gasteiger partial charge in [0.15, 0.2) is 0 Å². The summed E-state index contributed by atoms with van der Waals surface area (Å²) in [6, 6.07) is 11.6. The smallest absolute Gasteiger partial charge is 0.227 e. The number of nitriles is 1. The minimum absolute atomic E-state index is 0.0437. The summed E-state index contributed by atoms with van der Waals surface area (Å²) in [7, 11) is 1.66. The van der Waals surface area contributed by atoms with Gasteiger partial charge in [0.05, 0.1) is 12.5 Å². The van der Waals surface area contributed by atoms with Crippen LogP contribution in [0.5, 0.6) is 0 Å². The lowest BCUT2D eigenvalue weighted by Crippen LogP contribution is -2.44. The molecule has 1 aromatic rings. The highest BCUT2D eigenvalue weighted by molar-refractivity contribution is 5.79. The zero-order valence-electron chi connectivity index (χ0n) is 9.90. The first-order chi connectivity index (χ1) is 7.47. The maximum atomic E-state index is 11.9.